The van der Waals surface area contributed by atoms with E-state index in [1.807, 2.05) is 18.2 Å². The molecule has 4 rings (SSSR count). The molecule has 120 valence electrons. The summed E-state index contributed by atoms with van der Waals surface area (Å²) in [5.74, 6) is -0.353. The van der Waals surface area contributed by atoms with Crippen molar-refractivity contribution < 1.29 is 4.39 Å². The fourth-order valence-electron chi connectivity index (χ4n) is 3.34. The van der Waals surface area contributed by atoms with Crippen LogP contribution < -0.4 is 0 Å². The van der Waals surface area contributed by atoms with Crippen molar-refractivity contribution in [1.82, 2.24) is 10.2 Å². The molecular formula is C20H18FN3. The predicted molar refractivity (Wildman–Crippen MR) is 94.1 cm³/mol. The lowest BCUT2D eigenvalue weighted by atomic mass is 9.83. The maximum Gasteiger partial charge on any atom is 0.151 e. The van der Waals surface area contributed by atoms with E-state index < -0.39 is 0 Å². The van der Waals surface area contributed by atoms with E-state index in [9.17, 15) is 4.39 Å². The quantitative estimate of drug-likeness (QED) is 0.672. The normalized spacial score (nSPS) is 15.9. The second-order valence-corrected chi connectivity index (χ2v) is 6.96. The molecule has 0 unspecified atom stereocenters. The van der Waals surface area contributed by atoms with Crippen LogP contribution in [0.5, 0.6) is 0 Å². The topological polar surface area (TPSA) is 38.1 Å². The second-order valence-electron chi connectivity index (χ2n) is 6.96. The molecule has 1 aromatic heterocycles. The molecule has 2 heterocycles. The molecule has 2 aromatic carbocycles. The number of aromatic nitrogens is 2. The summed E-state index contributed by atoms with van der Waals surface area (Å²) in [4.78, 5) is 4.92. The van der Waals surface area contributed by atoms with E-state index in [1.54, 1.807) is 6.07 Å². The van der Waals surface area contributed by atoms with Crippen LogP contribution in [0.4, 0.5) is 4.39 Å². The Balaban J connectivity index is 1.95. The molecule has 0 spiro atoms. The molecule has 0 saturated heterocycles. The summed E-state index contributed by atoms with van der Waals surface area (Å²) in [6.07, 6.45) is 0.897. The Bertz CT molecular complexity index is 989. The highest BCUT2D eigenvalue weighted by Gasteiger charge is 2.29. The summed E-state index contributed by atoms with van der Waals surface area (Å²) in [7, 11) is 0. The van der Waals surface area contributed by atoms with Gasteiger partial charge in [0.1, 0.15) is 11.2 Å². The van der Waals surface area contributed by atoms with E-state index >= 15 is 0 Å². The largest absolute Gasteiger partial charge is 0.276 e. The Hall–Kier alpha value is -2.62. The minimum Gasteiger partial charge on any atom is -0.276 e. The van der Waals surface area contributed by atoms with Crippen molar-refractivity contribution in [2.45, 2.75) is 32.7 Å². The predicted octanol–water partition coefficient (Wildman–Crippen LogP) is 4.25. The van der Waals surface area contributed by atoms with Crippen LogP contribution in [0.1, 0.15) is 36.2 Å². The van der Waals surface area contributed by atoms with Crippen molar-refractivity contribution >= 4 is 16.6 Å². The Labute approximate surface area is 140 Å². The third kappa shape index (κ3) is 2.39. The molecule has 0 bridgehead atoms. The van der Waals surface area contributed by atoms with Gasteiger partial charge in [-0.3, -0.25) is 4.99 Å². The lowest BCUT2D eigenvalue weighted by molar-refractivity contribution is 0.512. The number of hydrogen-bond acceptors (Lipinski definition) is 3. The number of aliphatic imine (C=N–C) groups is 1. The van der Waals surface area contributed by atoms with Gasteiger partial charge in [0.2, 0.25) is 0 Å². The molecule has 0 atom stereocenters. The average Bonchev–Trinajstić information content (AvgIpc) is 2.54. The molecule has 3 aromatic rings. The zero-order valence-corrected chi connectivity index (χ0v) is 14.0. The average molecular weight is 319 g/mol. The molecule has 4 heteroatoms. The van der Waals surface area contributed by atoms with Gasteiger partial charge in [-0.15, -0.1) is 10.2 Å². The number of hydrogen-bond donors (Lipinski definition) is 0. The zero-order valence-electron chi connectivity index (χ0n) is 14.0. The van der Waals surface area contributed by atoms with Gasteiger partial charge in [-0.25, -0.2) is 4.39 Å². The first-order valence-electron chi connectivity index (χ1n) is 8.06. The highest BCUT2D eigenvalue weighted by atomic mass is 19.1. The first-order chi connectivity index (χ1) is 11.4. The molecule has 0 saturated carbocycles. The van der Waals surface area contributed by atoms with Crippen LogP contribution in [0.2, 0.25) is 0 Å². The van der Waals surface area contributed by atoms with E-state index in [4.69, 9.17) is 4.99 Å². The van der Waals surface area contributed by atoms with E-state index in [0.29, 0.717) is 11.2 Å². The first kappa shape index (κ1) is 14.9. The van der Waals surface area contributed by atoms with Gasteiger partial charge in [0.05, 0.1) is 11.3 Å². The van der Waals surface area contributed by atoms with Crippen molar-refractivity contribution in [2.75, 3.05) is 0 Å². The summed E-state index contributed by atoms with van der Waals surface area (Å²) in [6, 6.07) is 13.0. The molecular weight excluding hydrogens is 301 g/mol. The van der Waals surface area contributed by atoms with Crippen molar-refractivity contribution in [3.05, 3.63) is 70.7 Å². The fraction of sp³-hybridized carbons (Fsp3) is 0.250. The van der Waals surface area contributed by atoms with E-state index in [1.165, 1.54) is 17.2 Å². The van der Waals surface area contributed by atoms with Gasteiger partial charge in [0.15, 0.2) is 5.82 Å². The Morgan fingerprint density at radius 3 is 2.67 bits per heavy atom. The minimum absolute atomic E-state index is 0.201. The Morgan fingerprint density at radius 1 is 1.04 bits per heavy atom. The van der Waals surface area contributed by atoms with Crippen LogP contribution in [0.15, 0.2) is 47.5 Å². The highest BCUT2D eigenvalue weighted by Crippen LogP contribution is 2.31. The Kier molecular flexibility index (Phi) is 3.23. The Morgan fingerprint density at radius 2 is 1.83 bits per heavy atom. The molecule has 24 heavy (non-hydrogen) atoms. The van der Waals surface area contributed by atoms with Gasteiger partial charge >= 0.3 is 0 Å². The summed E-state index contributed by atoms with van der Waals surface area (Å²) in [5.41, 5.74) is 5.27. The minimum atomic E-state index is -0.353. The van der Waals surface area contributed by atoms with E-state index in [0.717, 1.165) is 23.1 Å². The summed E-state index contributed by atoms with van der Waals surface area (Å²) >= 11 is 0. The molecule has 0 amide bonds. The highest BCUT2D eigenvalue weighted by molar-refractivity contribution is 6.14. The third-order valence-corrected chi connectivity index (χ3v) is 4.50. The molecule has 0 aliphatic carbocycles. The van der Waals surface area contributed by atoms with Crippen LogP contribution in [0, 0.1) is 12.7 Å². The zero-order chi connectivity index (χ0) is 16.9. The SMILES string of the molecule is Cc1cccc2c1CC(C)(C)N=C2c1cc2cccc(F)c2nn1. The van der Waals surface area contributed by atoms with Gasteiger partial charge in [-0.05, 0) is 50.5 Å². The maximum absolute atomic E-state index is 13.8. The lowest BCUT2D eigenvalue weighted by Crippen LogP contribution is -2.30. The number of aryl methyl sites for hydroxylation is 1. The van der Waals surface area contributed by atoms with Gasteiger partial charge in [0, 0.05) is 10.9 Å². The maximum atomic E-state index is 13.8. The number of nitrogens with zero attached hydrogens (tertiary/aromatic N) is 3. The summed E-state index contributed by atoms with van der Waals surface area (Å²) < 4.78 is 13.8. The first-order valence-corrected chi connectivity index (χ1v) is 8.06. The van der Waals surface area contributed by atoms with Crippen molar-refractivity contribution in [1.29, 1.82) is 0 Å². The number of fused-ring (bicyclic) bond motifs is 2. The van der Waals surface area contributed by atoms with Crippen molar-refractivity contribution in [3.8, 4) is 0 Å². The molecule has 0 N–H and O–H groups in total. The molecule has 3 nitrogen and oxygen atoms in total. The molecule has 1 aliphatic rings. The van der Waals surface area contributed by atoms with Crippen LogP contribution >= 0.6 is 0 Å². The van der Waals surface area contributed by atoms with Gasteiger partial charge in [-0.1, -0.05) is 30.3 Å². The van der Waals surface area contributed by atoms with Gasteiger partial charge < -0.3 is 0 Å². The summed E-state index contributed by atoms with van der Waals surface area (Å²) in [5, 5.41) is 9.09. The number of halogens is 1. The van der Waals surface area contributed by atoms with Crippen molar-refractivity contribution in [3.63, 3.8) is 0 Å². The second kappa shape index (κ2) is 5.20. The van der Waals surface area contributed by atoms with E-state index in [-0.39, 0.29) is 11.4 Å². The molecule has 0 radical (unpaired) electrons. The number of benzene rings is 2. The smallest absolute Gasteiger partial charge is 0.151 e. The molecule has 1 aliphatic heterocycles. The van der Waals surface area contributed by atoms with Crippen LogP contribution in [0.25, 0.3) is 10.9 Å². The summed E-state index contributed by atoms with van der Waals surface area (Å²) in [6.45, 7) is 6.37. The van der Waals surface area contributed by atoms with Crippen LogP contribution in [-0.4, -0.2) is 21.4 Å². The van der Waals surface area contributed by atoms with Crippen molar-refractivity contribution in [2.24, 2.45) is 4.99 Å². The lowest BCUT2D eigenvalue weighted by Gasteiger charge is -2.30. The fourth-order valence-corrected chi connectivity index (χ4v) is 3.34. The van der Waals surface area contributed by atoms with Gasteiger partial charge in [0.25, 0.3) is 0 Å². The molecule has 0 fully saturated rings. The van der Waals surface area contributed by atoms with Crippen LogP contribution in [-0.2, 0) is 6.42 Å². The van der Waals surface area contributed by atoms with E-state index in [2.05, 4.69) is 43.1 Å². The number of rotatable bonds is 1. The van der Waals surface area contributed by atoms with Crippen LogP contribution in [0.3, 0.4) is 0 Å². The standard InChI is InChI=1S/C20H18FN3/c1-12-6-4-8-14-15(12)11-20(2,3)22-19(14)17-10-13-7-5-9-16(21)18(13)24-23-17/h4-10H,11H2,1-3H3. The monoisotopic (exact) mass is 319 g/mol. The third-order valence-electron chi connectivity index (χ3n) is 4.50. The van der Waals surface area contributed by atoms with Gasteiger partial charge in [-0.2, -0.15) is 0 Å².